The first kappa shape index (κ1) is 24.4. The molecule has 0 aliphatic carbocycles. The van der Waals surface area contributed by atoms with E-state index in [1.54, 1.807) is 4.68 Å². The maximum Gasteiger partial charge on any atom is 0.253 e. The number of aliphatic hydroxyl groups excluding tert-OH is 1. The van der Waals surface area contributed by atoms with Gasteiger partial charge < -0.3 is 15.2 Å². The van der Waals surface area contributed by atoms with Crippen LogP contribution in [0.4, 0.5) is 8.78 Å². The number of benzene rings is 2. The smallest absolute Gasteiger partial charge is 0.253 e. The van der Waals surface area contributed by atoms with Crippen LogP contribution in [0.15, 0.2) is 48.9 Å². The van der Waals surface area contributed by atoms with Gasteiger partial charge in [-0.1, -0.05) is 6.07 Å². The summed E-state index contributed by atoms with van der Waals surface area (Å²) in [6, 6.07) is 9.37. The van der Waals surface area contributed by atoms with E-state index in [9.17, 15) is 13.9 Å². The van der Waals surface area contributed by atoms with Crippen molar-refractivity contribution in [1.29, 1.82) is 0 Å². The van der Waals surface area contributed by atoms with Crippen LogP contribution in [0.2, 0.25) is 0 Å². The topological polar surface area (TPSA) is 90.0 Å². The van der Waals surface area contributed by atoms with Crippen molar-refractivity contribution < 1.29 is 18.6 Å². The van der Waals surface area contributed by atoms with Gasteiger partial charge in [0.1, 0.15) is 23.6 Å². The van der Waals surface area contributed by atoms with Gasteiger partial charge in [0.05, 0.1) is 18.9 Å². The van der Waals surface area contributed by atoms with Crippen molar-refractivity contribution in [2.24, 2.45) is 0 Å². The zero-order valence-electron chi connectivity index (χ0n) is 19.3. The number of hydrogen-bond donors (Lipinski definition) is 2. The minimum absolute atomic E-state index is 0. The fourth-order valence-electron chi connectivity index (χ4n) is 5.02. The predicted octanol–water partition coefficient (Wildman–Crippen LogP) is 3.37. The number of nitrogens with one attached hydrogen (secondary N) is 1. The van der Waals surface area contributed by atoms with Crippen LogP contribution in [0, 0.1) is 11.6 Å². The van der Waals surface area contributed by atoms with Crippen molar-refractivity contribution in [2.45, 2.75) is 24.7 Å². The molecule has 8 nitrogen and oxygen atoms in total. The number of nitrogens with zero attached hydrogens (tertiary/aromatic N) is 5. The highest BCUT2D eigenvalue weighted by Gasteiger charge is 2.34. The molecule has 0 unspecified atom stereocenters. The molecular formula is C25H25ClF2N6O2. The summed E-state index contributed by atoms with van der Waals surface area (Å²) in [7, 11) is 0. The second kappa shape index (κ2) is 9.61. The summed E-state index contributed by atoms with van der Waals surface area (Å²) in [5, 5.41) is 22.6. The second-order valence-corrected chi connectivity index (χ2v) is 9.01. The fraction of sp³-hybridized carbons (Fsp3) is 0.320. The summed E-state index contributed by atoms with van der Waals surface area (Å²) >= 11 is 0. The van der Waals surface area contributed by atoms with Crippen LogP contribution in [0.1, 0.15) is 24.0 Å². The van der Waals surface area contributed by atoms with Gasteiger partial charge >= 0.3 is 0 Å². The Bertz CT molecular complexity index is 1400. The molecule has 2 aromatic carbocycles. The minimum Gasteiger partial charge on any atom is -0.493 e. The molecule has 2 aliphatic heterocycles. The molecule has 36 heavy (non-hydrogen) atoms. The number of piperidine rings is 1. The van der Waals surface area contributed by atoms with E-state index in [1.165, 1.54) is 23.1 Å². The molecule has 188 valence electrons. The third kappa shape index (κ3) is 4.04. The molecule has 1 saturated heterocycles. The lowest BCUT2D eigenvalue weighted by Crippen LogP contribution is -2.42. The maximum atomic E-state index is 14.5. The highest BCUT2D eigenvalue weighted by molar-refractivity contribution is 5.85. The number of rotatable bonds is 4. The maximum absolute atomic E-state index is 14.5. The van der Waals surface area contributed by atoms with E-state index in [0.29, 0.717) is 13.0 Å². The molecule has 4 heterocycles. The molecular weight excluding hydrogens is 490 g/mol. The van der Waals surface area contributed by atoms with Gasteiger partial charge in [-0.25, -0.2) is 13.5 Å². The van der Waals surface area contributed by atoms with Crippen molar-refractivity contribution in [2.75, 3.05) is 26.3 Å². The minimum atomic E-state index is -0.745. The highest BCUT2D eigenvalue weighted by atomic mass is 35.5. The Morgan fingerprint density at radius 2 is 1.94 bits per heavy atom. The van der Waals surface area contributed by atoms with Crippen LogP contribution in [-0.2, 0) is 11.8 Å². The number of halogens is 3. The molecule has 2 aromatic heterocycles. The summed E-state index contributed by atoms with van der Waals surface area (Å²) in [5.74, 6) is -0.399. The molecule has 0 amide bonds. The van der Waals surface area contributed by atoms with Gasteiger partial charge in [-0.3, -0.25) is 0 Å². The van der Waals surface area contributed by atoms with Crippen LogP contribution in [0.25, 0.3) is 22.9 Å². The Kier molecular flexibility index (Phi) is 6.50. The van der Waals surface area contributed by atoms with Crippen LogP contribution in [-0.4, -0.2) is 56.0 Å². The van der Waals surface area contributed by atoms with E-state index in [-0.39, 0.29) is 36.1 Å². The number of fused-ring (bicyclic) bond motifs is 3. The molecule has 11 heteroatoms. The molecule has 0 spiro atoms. The number of aliphatic hydroxyl groups is 1. The second-order valence-electron chi connectivity index (χ2n) is 9.01. The van der Waals surface area contributed by atoms with Crippen molar-refractivity contribution in [3.05, 3.63) is 71.7 Å². The van der Waals surface area contributed by atoms with Crippen molar-refractivity contribution >= 4 is 12.4 Å². The molecule has 2 N–H and O–H groups in total. The van der Waals surface area contributed by atoms with Crippen molar-refractivity contribution in [3.8, 4) is 28.6 Å². The first-order valence-corrected chi connectivity index (χ1v) is 11.6. The Balaban J connectivity index is 0.00000267. The Morgan fingerprint density at radius 3 is 2.72 bits per heavy atom. The Morgan fingerprint density at radius 1 is 1.11 bits per heavy atom. The number of aromatic nitrogens is 5. The molecule has 6 rings (SSSR count). The number of hydrogen-bond acceptors (Lipinski definition) is 6. The van der Waals surface area contributed by atoms with Gasteiger partial charge in [0.15, 0.2) is 5.82 Å². The zero-order valence-corrected chi connectivity index (χ0v) is 20.1. The number of ether oxygens (including phenoxy) is 1. The van der Waals surface area contributed by atoms with Crippen LogP contribution in [0.5, 0.6) is 5.75 Å². The lowest BCUT2D eigenvalue weighted by atomic mass is 9.73. The molecule has 2 aliphatic rings. The molecule has 1 fully saturated rings. The van der Waals surface area contributed by atoms with Crippen molar-refractivity contribution in [3.63, 3.8) is 0 Å². The van der Waals surface area contributed by atoms with Crippen molar-refractivity contribution in [1.82, 2.24) is 29.9 Å². The highest BCUT2D eigenvalue weighted by Crippen LogP contribution is 2.40. The van der Waals surface area contributed by atoms with E-state index in [4.69, 9.17) is 9.84 Å². The van der Waals surface area contributed by atoms with E-state index in [0.717, 1.165) is 60.1 Å². The average molecular weight is 515 g/mol. The normalized spacial score (nSPS) is 16.3. The van der Waals surface area contributed by atoms with Crippen LogP contribution >= 0.6 is 12.4 Å². The van der Waals surface area contributed by atoms with Gasteiger partial charge in [-0.15, -0.1) is 12.4 Å². The van der Waals surface area contributed by atoms with Gasteiger partial charge in [0.25, 0.3) is 5.95 Å². The zero-order chi connectivity index (χ0) is 24.0. The van der Waals surface area contributed by atoms with E-state index in [2.05, 4.69) is 21.5 Å². The summed E-state index contributed by atoms with van der Waals surface area (Å²) in [6.07, 6.45) is 5.47. The average Bonchev–Trinajstić information content (AvgIpc) is 3.48. The first-order valence-electron chi connectivity index (χ1n) is 11.6. The monoisotopic (exact) mass is 514 g/mol. The summed E-state index contributed by atoms with van der Waals surface area (Å²) in [5.41, 5.74) is 3.37. The summed E-state index contributed by atoms with van der Waals surface area (Å²) in [4.78, 5) is 4.29. The van der Waals surface area contributed by atoms with Gasteiger partial charge in [-0.05, 0) is 55.8 Å². The lowest BCUT2D eigenvalue weighted by Gasteiger charge is -2.37. The van der Waals surface area contributed by atoms with E-state index in [1.807, 2.05) is 18.3 Å². The Labute approximate surface area is 212 Å². The molecule has 4 aromatic rings. The largest absolute Gasteiger partial charge is 0.493 e. The summed E-state index contributed by atoms with van der Waals surface area (Å²) < 4.78 is 36.8. The first-order chi connectivity index (χ1) is 17.1. The van der Waals surface area contributed by atoms with Crippen LogP contribution in [0.3, 0.4) is 0 Å². The fourth-order valence-corrected chi connectivity index (χ4v) is 5.02. The molecule has 0 radical (unpaired) electrons. The predicted molar refractivity (Wildman–Crippen MR) is 131 cm³/mol. The standard InChI is InChI=1S/C25H24F2N6O2.ClH/c26-18-2-3-21(20(27)12-18)33-24(29-15-30-33)32-13-16-5-10-35-22-4-1-17(11-19(22)23(16)31-32)25(14-34)6-8-28-9-7-25;/h1-4,11-13,15,28,34H,5-10,14H2;1H. The quantitative estimate of drug-likeness (QED) is 0.434. The third-order valence-corrected chi connectivity index (χ3v) is 7.00. The van der Waals surface area contributed by atoms with Gasteiger partial charge in [0, 0.05) is 35.2 Å². The van der Waals surface area contributed by atoms with E-state index >= 15 is 0 Å². The summed E-state index contributed by atoms with van der Waals surface area (Å²) in [6.45, 7) is 2.26. The Hall–Kier alpha value is -3.34. The van der Waals surface area contributed by atoms with Crippen LogP contribution < -0.4 is 10.1 Å². The third-order valence-electron chi connectivity index (χ3n) is 7.00. The SMILES string of the molecule is Cl.OCC1(c2ccc3c(c2)-c2nn(-c4ncnn4-c4ccc(F)cc4F)cc2CCO3)CCNCC1. The van der Waals surface area contributed by atoms with E-state index < -0.39 is 11.6 Å². The molecule has 0 bridgehead atoms. The lowest BCUT2D eigenvalue weighted by molar-refractivity contribution is 0.158. The molecule has 0 atom stereocenters. The molecule has 0 saturated carbocycles. The van der Waals surface area contributed by atoms with Gasteiger partial charge in [-0.2, -0.15) is 19.9 Å². The van der Waals surface area contributed by atoms with Gasteiger partial charge in [0.2, 0.25) is 0 Å².